The van der Waals surface area contributed by atoms with Gasteiger partial charge in [-0.3, -0.25) is 4.79 Å². The number of rotatable bonds is 6. The van der Waals surface area contributed by atoms with Crippen molar-refractivity contribution in [2.24, 2.45) is 0 Å². The van der Waals surface area contributed by atoms with Gasteiger partial charge in [-0.15, -0.1) is 11.3 Å². The van der Waals surface area contributed by atoms with Crippen molar-refractivity contribution in [3.05, 3.63) is 68.9 Å². The van der Waals surface area contributed by atoms with Crippen LogP contribution in [0.5, 0.6) is 0 Å². The number of thiophene rings is 1. The molecule has 4 nitrogen and oxygen atoms in total. The number of hydrogen-bond acceptors (Lipinski definition) is 5. The molecule has 0 bridgehead atoms. The predicted molar refractivity (Wildman–Crippen MR) is 120 cm³/mol. The number of esters is 1. The van der Waals surface area contributed by atoms with Crippen molar-refractivity contribution in [3.8, 4) is 0 Å². The molecule has 2 aromatic rings. The van der Waals surface area contributed by atoms with Crippen LogP contribution < -0.4 is 0 Å². The molecule has 1 aromatic heterocycles. The minimum atomic E-state index is -0.579. The van der Waals surface area contributed by atoms with Gasteiger partial charge in [0.1, 0.15) is 5.60 Å². The van der Waals surface area contributed by atoms with Crippen LogP contribution in [-0.4, -0.2) is 23.0 Å². The highest BCUT2D eigenvalue weighted by Crippen LogP contribution is 2.39. The van der Waals surface area contributed by atoms with Gasteiger partial charge in [0.15, 0.2) is 5.78 Å². The summed E-state index contributed by atoms with van der Waals surface area (Å²) in [5.41, 5.74) is 2.20. The Hall–Kier alpha value is -2.24. The number of Topliss-reactive ketones (excluding diaryl/α,β-unsaturated/α-hetero) is 1. The van der Waals surface area contributed by atoms with Gasteiger partial charge in [0.05, 0.1) is 17.8 Å². The van der Waals surface area contributed by atoms with Gasteiger partial charge < -0.3 is 9.47 Å². The summed E-state index contributed by atoms with van der Waals surface area (Å²) in [6.45, 7) is 14.3. The van der Waals surface area contributed by atoms with Crippen molar-refractivity contribution in [1.82, 2.24) is 0 Å². The van der Waals surface area contributed by atoms with Crippen LogP contribution in [0.15, 0.2) is 42.5 Å². The minimum absolute atomic E-state index is 0.0326. The van der Waals surface area contributed by atoms with E-state index in [0.29, 0.717) is 30.6 Å². The van der Waals surface area contributed by atoms with Crippen LogP contribution in [0.3, 0.4) is 0 Å². The molecule has 0 N–H and O–H groups in total. The molecule has 0 fully saturated rings. The van der Waals surface area contributed by atoms with E-state index in [2.05, 4.69) is 6.58 Å². The zero-order valence-electron chi connectivity index (χ0n) is 18.5. The first-order chi connectivity index (χ1) is 14.0. The Balaban J connectivity index is 1.86. The molecule has 0 aliphatic carbocycles. The highest BCUT2D eigenvalue weighted by molar-refractivity contribution is 7.12. The Morgan fingerprint density at radius 1 is 1.20 bits per heavy atom. The van der Waals surface area contributed by atoms with E-state index in [9.17, 15) is 9.59 Å². The summed E-state index contributed by atoms with van der Waals surface area (Å²) in [6.07, 6.45) is 1.39. The number of ketones is 1. The van der Waals surface area contributed by atoms with E-state index >= 15 is 0 Å². The van der Waals surface area contributed by atoms with E-state index < -0.39 is 5.60 Å². The first kappa shape index (κ1) is 22.4. The standard InChI is InChI=1S/C25H30O4S/c1-16(12-19(26)17-10-8-7-9-11-17)13-20-22(23(27)29-24(2,3)4)18-14-25(5,6)28-15-21(18)30-20/h7-11H,1,12-15H2,2-6H3. The molecule has 0 saturated heterocycles. The number of carbonyl (C=O) groups excluding carboxylic acids is 2. The highest BCUT2D eigenvalue weighted by atomic mass is 32.1. The number of allylic oxidation sites excluding steroid dienone is 1. The lowest BCUT2D eigenvalue weighted by Crippen LogP contribution is -2.32. The molecule has 0 amide bonds. The maximum absolute atomic E-state index is 13.1. The van der Waals surface area contributed by atoms with E-state index in [4.69, 9.17) is 9.47 Å². The van der Waals surface area contributed by atoms with Gasteiger partial charge in [-0.25, -0.2) is 4.79 Å². The summed E-state index contributed by atoms with van der Waals surface area (Å²) < 4.78 is 11.7. The molecular weight excluding hydrogens is 396 g/mol. The minimum Gasteiger partial charge on any atom is -0.456 e. The summed E-state index contributed by atoms with van der Waals surface area (Å²) in [5, 5.41) is 0. The third kappa shape index (κ3) is 5.46. The van der Waals surface area contributed by atoms with Crippen LogP contribution in [0, 0.1) is 0 Å². The lowest BCUT2D eigenvalue weighted by Gasteiger charge is -2.30. The van der Waals surface area contributed by atoms with Crippen molar-refractivity contribution < 1.29 is 19.1 Å². The molecule has 0 saturated carbocycles. The number of fused-ring (bicyclic) bond motifs is 1. The molecule has 3 rings (SSSR count). The zero-order valence-corrected chi connectivity index (χ0v) is 19.3. The number of ether oxygens (including phenoxy) is 2. The molecule has 2 heterocycles. The lowest BCUT2D eigenvalue weighted by atomic mass is 9.91. The molecule has 5 heteroatoms. The SMILES string of the molecule is C=C(CC(=O)c1ccccc1)Cc1sc2c(c1C(=O)OC(C)(C)C)CC(C)(C)OC2. The zero-order chi connectivity index (χ0) is 22.1. The van der Waals surface area contributed by atoms with Crippen LogP contribution in [-0.2, 0) is 28.9 Å². The van der Waals surface area contributed by atoms with E-state index in [-0.39, 0.29) is 23.8 Å². The molecule has 0 radical (unpaired) electrons. The van der Waals surface area contributed by atoms with Gasteiger partial charge in [0, 0.05) is 34.6 Å². The van der Waals surface area contributed by atoms with E-state index in [1.807, 2.05) is 65.0 Å². The number of hydrogen-bond donors (Lipinski definition) is 0. The molecule has 160 valence electrons. The molecule has 0 unspecified atom stereocenters. The second-order valence-electron chi connectivity index (χ2n) is 9.42. The van der Waals surface area contributed by atoms with Gasteiger partial charge >= 0.3 is 5.97 Å². The third-order valence-corrected chi connectivity index (χ3v) is 6.09. The van der Waals surface area contributed by atoms with Crippen molar-refractivity contribution in [1.29, 1.82) is 0 Å². The molecule has 0 spiro atoms. The second kappa shape index (κ2) is 8.48. The quantitative estimate of drug-likeness (QED) is 0.326. The van der Waals surface area contributed by atoms with Gasteiger partial charge in [0.25, 0.3) is 0 Å². The maximum atomic E-state index is 13.1. The largest absolute Gasteiger partial charge is 0.456 e. The summed E-state index contributed by atoms with van der Waals surface area (Å²) in [5.74, 6) is -0.278. The summed E-state index contributed by atoms with van der Waals surface area (Å²) in [7, 11) is 0. The summed E-state index contributed by atoms with van der Waals surface area (Å²) >= 11 is 1.57. The second-order valence-corrected chi connectivity index (χ2v) is 10.6. The van der Waals surface area contributed by atoms with E-state index in [1.54, 1.807) is 11.3 Å². The fourth-order valence-electron chi connectivity index (χ4n) is 3.54. The molecule has 1 aliphatic rings. The Labute approximate surface area is 182 Å². The van der Waals surface area contributed by atoms with Crippen molar-refractivity contribution in [2.45, 2.75) is 71.7 Å². The van der Waals surface area contributed by atoms with E-state index in [1.165, 1.54) is 0 Å². The topological polar surface area (TPSA) is 52.6 Å². The smallest absolute Gasteiger partial charge is 0.340 e. The van der Waals surface area contributed by atoms with Crippen molar-refractivity contribution >= 4 is 23.1 Å². The Morgan fingerprint density at radius 3 is 2.50 bits per heavy atom. The molecule has 0 atom stereocenters. The highest BCUT2D eigenvalue weighted by Gasteiger charge is 2.35. The number of carbonyl (C=O) groups is 2. The predicted octanol–water partition coefficient (Wildman–Crippen LogP) is 5.93. The van der Waals surface area contributed by atoms with Crippen LogP contribution in [0.1, 0.15) is 77.1 Å². The molecule has 30 heavy (non-hydrogen) atoms. The fourth-order valence-corrected chi connectivity index (χ4v) is 4.84. The van der Waals surface area contributed by atoms with Gasteiger partial charge in [-0.05, 0) is 40.2 Å². The van der Waals surface area contributed by atoms with Gasteiger partial charge in [-0.2, -0.15) is 0 Å². The first-order valence-corrected chi connectivity index (χ1v) is 11.0. The average Bonchev–Trinajstić information content (AvgIpc) is 2.96. The van der Waals surface area contributed by atoms with Crippen molar-refractivity contribution in [2.75, 3.05) is 0 Å². The fraction of sp³-hybridized carbons (Fsp3) is 0.440. The average molecular weight is 427 g/mol. The van der Waals surface area contributed by atoms with Crippen molar-refractivity contribution in [3.63, 3.8) is 0 Å². The van der Waals surface area contributed by atoms with Gasteiger partial charge in [-0.1, -0.05) is 42.5 Å². The normalized spacial score (nSPS) is 15.4. The Kier molecular flexibility index (Phi) is 6.34. The Bertz CT molecular complexity index is 961. The monoisotopic (exact) mass is 426 g/mol. The van der Waals surface area contributed by atoms with Crippen LogP contribution in [0.25, 0.3) is 0 Å². The van der Waals surface area contributed by atoms with Crippen LogP contribution in [0.2, 0.25) is 0 Å². The van der Waals surface area contributed by atoms with Crippen LogP contribution in [0.4, 0.5) is 0 Å². The van der Waals surface area contributed by atoms with Gasteiger partial charge in [0.2, 0.25) is 0 Å². The lowest BCUT2D eigenvalue weighted by molar-refractivity contribution is -0.0387. The summed E-state index contributed by atoms with van der Waals surface area (Å²) in [4.78, 5) is 27.6. The first-order valence-electron chi connectivity index (χ1n) is 10.2. The molecular formula is C25H30O4S. The summed E-state index contributed by atoms with van der Waals surface area (Å²) in [6, 6.07) is 9.21. The maximum Gasteiger partial charge on any atom is 0.340 e. The number of benzene rings is 1. The molecule has 1 aliphatic heterocycles. The van der Waals surface area contributed by atoms with Crippen LogP contribution >= 0.6 is 11.3 Å². The Morgan fingerprint density at radius 2 is 1.87 bits per heavy atom. The molecule has 1 aromatic carbocycles. The third-order valence-electron chi connectivity index (χ3n) is 4.88. The van der Waals surface area contributed by atoms with E-state index in [0.717, 1.165) is 20.9 Å².